The molecule has 0 atom stereocenters. The van der Waals surface area contributed by atoms with E-state index >= 15 is 0 Å². The summed E-state index contributed by atoms with van der Waals surface area (Å²) in [6, 6.07) is 8.88. The fourth-order valence-electron chi connectivity index (χ4n) is 2.53. The number of nitrogens with zero attached hydrogens (tertiary/aromatic N) is 2. The third-order valence-corrected chi connectivity index (χ3v) is 5.38. The molecule has 0 saturated heterocycles. The maximum atomic E-state index is 12.7. The van der Waals surface area contributed by atoms with Gasteiger partial charge in [-0.2, -0.15) is 8.75 Å². The Kier molecular flexibility index (Phi) is 3.62. The summed E-state index contributed by atoms with van der Waals surface area (Å²) in [6.07, 6.45) is 0. The Labute approximate surface area is 133 Å². The van der Waals surface area contributed by atoms with Gasteiger partial charge in [0, 0.05) is 0 Å². The minimum atomic E-state index is -3.71. The first-order valence-electron chi connectivity index (χ1n) is 6.70. The van der Waals surface area contributed by atoms with Crippen molar-refractivity contribution in [3.8, 4) is 0 Å². The zero-order chi connectivity index (χ0) is 15.9. The molecule has 1 N–H and O–H groups in total. The first kappa shape index (κ1) is 14.9. The lowest BCUT2D eigenvalue weighted by Crippen LogP contribution is -2.15. The Bertz CT molecular complexity index is 939. The van der Waals surface area contributed by atoms with Gasteiger partial charge in [-0.3, -0.25) is 4.72 Å². The standard InChI is InChI=1S/C15H15N3O2S2/c1-9-7-10(2)14(11(3)8-9)18-22(19,20)13-6-4-5-12-15(13)17-21-16-12/h4-8,18H,1-3H3. The molecule has 0 saturated carbocycles. The van der Waals surface area contributed by atoms with Crippen molar-refractivity contribution in [3.63, 3.8) is 0 Å². The van der Waals surface area contributed by atoms with E-state index in [1.807, 2.05) is 32.9 Å². The van der Waals surface area contributed by atoms with Crippen molar-refractivity contribution in [3.05, 3.63) is 47.0 Å². The van der Waals surface area contributed by atoms with E-state index in [4.69, 9.17) is 0 Å². The molecule has 0 unspecified atom stereocenters. The predicted molar refractivity (Wildman–Crippen MR) is 88.9 cm³/mol. The third-order valence-electron chi connectivity index (χ3n) is 3.45. The van der Waals surface area contributed by atoms with Crippen LogP contribution in [-0.2, 0) is 10.0 Å². The SMILES string of the molecule is Cc1cc(C)c(NS(=O)(=O)c2cccc3nsnc23)c(C)c1. The summed E-state index contributed by atoms with van der Waals surface area (Å²) in [6.45, 7) is 5.77. The second kappa shape index (κ2) is 5.33. The van der Waals surface area contributed by atoms with Crippen LogP contribution in [0.15, 0.2) is 35.2 Å². The lowest BCUT2D eigenvalue weighted by molar-refractivity contribution is 0.602. The van der Waals surface area contributed by atoms with Crippen molar-refractivity contribution < 1.29 is 8.42 Å². The van der Waals surface area contributed by atoms with Crippen LogP contribution in [0, 0.1) is 20.8 Å². The largest absolute Gasteiger partial charge is 0.279 e. The fraction of sp³-hybridized carbons (Fsp3) is 0.200. The van der Waals surface area contributed by atoms with Crippen molar-refractivity contribution in [2.45, 2.75) is 25.7 Å². The highest BCUT2D eigenvalue weighted by atomic mass is 32.2. The fourth-order valence-corrected chi connectivity index (χ4v) is 4.50. The van der Waals surface area contributed by atoms with E-state index in [1.165, 1.54) is 0 Å². The monoisotopic (exact) mass is 333 g/mol. The first-order valence-corrected chi connectivity index (χ1v) is 8.92. The summed E-state index contributed by atoms with van der Waals surface area (Å²) >= 11 is 1.01. The molecule has 5 nitrogen and oxygen atoms in total. The number of hydrogen-bond donors (Lipinski definition) is 1. The van der Waals surface area contributed by atoms with Crippen LogP contribution in [-0.4, -0.2) is 17.2 Å². The molecule has 0 radical (unpaired) electrons. The smallest absolute Gasteiger partial charge is 0.264 e. The van der Waals surface area contributed by atoms with Gasteiger partial charge in [0.1, 0.15) is 15.9 Å². The lowest BCUT2D eigenvalue weighted by Gasteiger charge is -2.14. The average molecular weight is 333 g/mol. The second-order valence-corrected chi connectivity index (χ2v) is 7.45. The molecule has 114 valence electrons. The molecule has 0 bridgehead atoms. The molecule has 3 aromatic rings. The summed E-state index contributed by atoms with van der Waals surface area (Å²) in [5.74, 6) is 0. The van der Waals surface area contributed by atoms with E-state index in [-0.39, 0.29) is 4.90 Å². The van der Waals surface area contributed by atoms with Gasteiger partial charge >= 0.3 is 0 Å². The third kappa shape index (κ3) is 2.57. The summed E-state index contributed by atoms with van der Waals surface area (Å²) in [7, 11) is -3.71. The van der Waals surface area contributed by atoms with Crippen molar-refractivity contribution in [2.75, 3.05) is 4.72 Å². The van der Waals surface area contributed by atoms with Gasteiger partial charge in [0.15, 0.2) is 0 Å². The molecule has 7 heteroatoms. The molecule has 2 aromatic carbocycles. The molecular weight excluding hydrogens is 318 g/mol. The summed E-state index contributed by atoms with van der Waals surface area (Å²) < 4.78 is 36.3. The molecular formula is C15H15N3O2S2. The predicted octanol–water partition coefficient (Wildman–Crippen LogP) is 3.42. The van der Waals surface area contributed by atoms with Gasteiger partial charge in [-0.05, 0) is 44.0 Å². The highest BCUT2D eigenvalue weighted by molar-refractivity contribution is 7.93. The van der Waals surface area contributed by atoms with Crippen molar-refractivity contribution in [1.29, 1.82) is 0 Å². The van der Waals surface area contributed by atoms with Gasteiger partial charge in [0.2, 0.25) is 0 Å². The molecule has 0 amide bonds. The van der Waals surface area contributed by atoms with Gasteiger partial charge in [-0.25, -0.2) is 8.42 Å². The van der Waals surface area contributed by atoms with Crippen LogP contribution in [0.3, 0.4) is 0 Å². The van der Waals surface area contributed by atoms with Crippen LogP contribution in [0.1, 0.15) is 16.7 Å². The van der Waals surface area contributed by atoms with E-state index in [2.05, 4.69) is 13.5 Å². The number of aromatic nitrogens is 2. The number of nitrogens with one attached hydrogen (secondary N) is 1. The number of fused-ring (bicyclic) bond motifs is 1. The Morgan fingerprint density at radius 1 is 1.05 bits per heavy atom. The molecule has 0 aliphatic rings. The maximum absolute atomic E-state index is 12.7. The molecule has 3 rings (SSSR count). The normalized spacial score (nSPS) is 11.8. The minimum Gasteiger partial charge on any atom is -0.279 e. The van der Waals surface area contributed by atoms with Gasteiger partial charge in [-0.15, -0.1) is 0 Å². The number of benzene rings is 2. The Balaban J connectivity index is 2.10. The summed E-state index contributed by atoms with van der Waals surface area (Å²) in [4.78, 5) is 0.151. The Morgan fingerprint density at radius 2 is 1.73 bits per heavy atom. The van der Waals surface area contributed by atoms with E-state index < -0.39 is 10.0 Å². The quantitative estimate of drug-likeness (QED) is 0.797. The van der Waals surface area contributed by atoms with Gasteiger partial charge in [-0.1, -0.05) is 23.8 Å². The van der Waals surface area contributed by atoms with Crippen LogP contribution in [0.2, 0.25) is 0 Å². The summed E-state index contributed by atoms with van der Waals surface area (Å²) in [5.41, 5.74) is 4.50. The van der Waals surface area contributed by atoms with Crippen LogP contribution in [0.4, 0.5) is 5.69 Å². The zero-order valence-corrected chi connectivity index (χ0v) is 14.0. The van der Waals surface area contributed by atoms with Crippen molar-refractivity contribution in [2.24, 2.45) is 0 Å². The zero-order valence-electron chi connectivity index (χ0n) is 12.4. The Hall–Kier alpha value is -1.99. The lowest BCUT2D eigenvalue weighted by atomic mass is 10.1. The topological polar surface area (TPSA) is 72.0 Å². The number of sulfonamides is 1. The van der Waals surface area contributed by atoms with E-state index in [9.17, 15) is 8.42 Å². The second-order valence-electron chi connectivity index (χ2n) is 5.27. The van der Waals surface area contributed by atoms with Crippen LogP contribution in [0.25, 0.3) is 11.0 Å². The molecule has 1 aromatic heterocycles. The molecule has 1 heterocycles. The number of anilines is 1. The Morgan fingerprint density at radius 3 is 2.41 bits per heavy atom. The molecule has 0 spiro atoms. The van der Waals surface area contributed by atoms with Crippen molar-refractivity contribution >= 4 is 38.5 Å². The van der Waals surface area contributed by atoms with E-state index in [0.29, 0.717) is 16.7 Å². The molecule has 0 aliphatic heterocycles. The number of hydrogen-bond acceptors (Lipinski definition) is 5. The van der Waals surface area contributed by atoms with Crippen molar-refractivity contribution in [1.82, 2.24) is 8.75 Å². The molecule has 22 heavy (non-hydrogen) atoms. The van der Waals surface area contributed by atoms with Crippen LogP contribution >= 0.6 is 11.7 Å². The first-order chi connectivity index (χ1) is 10.4. The van der Waals surface area contributed by atoms with Gasteiger partial charge in [0.05, 0.1) is 17.4 Å². The van der Waals surface area contributed by atoms with E-state index in [0.717, 1.165) is 28.4 Å². The van der Waals surface area contributed by atoms with E-state index in [1.54, 1.807) is 18.2 Å². The van der Waals surface area contributed by atoms with Crippen LogP contribution in [0.5, 0.6) is 0 Å². The average Bonchev–Trinajstić information content (AvgIpc) is 2.90. The number of aryl methyl sites for hydroxylation is 3. The highest BCUT2D eigenvalue weighted by Gasteiger charge is 2.21. The summed E-state index contributed by atoms with van der Waals surface area (Å²) in [5, 5.41) is 0. The van der Waals surface area contributed by atoms with Crippen LogP contribution < -0.4 is 4.72 Å². The molecule has 0 fully saturated rings. The minimum absolute atomic E-state index is 0.151. The van der Waals surface area contributed by atoms with Gasteiger partial charge in [0.25, 0.3) is 10.0 Å². The molecule has 0 aliphatic carbocycles. The maximum Gasteiger partial charge on any atom is 0.264 e. The van der Waals surface area contributed by atoms with Gasteiger partial charge < -0.3 is 0 Å². The number of rotatable bonds is 3. The highest BCUT2D eigenvalue weighted by Crippen LogP contribution is 2.27.